The van der Waals surface area contributed by atoms with Crippen molar-refractivity contribution in [3.8, 4) is 17.9 Å². The van der Waals surface area contributed by atoms with Crippen LogP contribution in [-0.4, -0.2) is 7.11 Å². The minimum atomic E-state index is 0.141. The molecule has 0 radical (unpaired) electrons. The monoisotopic (exact) mass is 198 g/mol. The van der Waals surface area contributed by atoms with Crippen molar-refractivity contribution in [2.75, 3.05) is 7.11 Å². The molecule has 0 N–H and O–H groups in total. The Bertz CT molecular complexity index is 432. The number of hydrogen-bond donors (Lipinski definition) is 0. The van der Waals surface area contributed by atoms with Crippen LogP contribution in [-0.2, 0) is 0 Å². The van der Waals surface area contributed by atoms with E-state index in [9.17, 15) is 0 Å². The Balaban J connectivity index is 2.89. The zero-order chi connectivity index (χ0) is 11.1. The van der Waals surface area contributed by atoms with Gasteiger partial charge in [0.1, 0.15) is 5.75 Å². The number of nitrogens with zero attached hydrogens (tertiary/aromatic N) is 2. The molecule has 74 valence electrons. The van der Waals surface area contributed by atoms with Gasteiger partial charge < -0.3 is 4.74 Å². The fraction of sp³-hybridized carbons (Fsp3) is 0.167. The first-order chi connectivity index (χ1) is 7.30. The van der Waals surface area contributed by atoms with Gasteiger partial charge in [0.15, 0.2) is 0 Å². The molecule has 0 saturated carbocycles. The molecule has 0 aliphatic carbocycles. The molecule has 0 unspecified atom stereocenters. The maximum Gasteiger partial charge on any atom is 0.118 e. The molecule has 15 heavy (non-hydrogen) atoms. The second-order valence-electron chi connectivity index (χ2n) is 2.89. The molecule has 0 amide bonds. The van der Waals surface area contributed by atoms with Crippen LogP contribution >= 0.6 is 0 Å². The van der Waals surface area contributed by atoms with Crippen LogP contribution in [0.5, 0.6) is 5.75 Å². The molecule has 1 aromatic carbocycles. The van der Waals surface area contributed by atoms with Crippen molar-refractivity contribution in [2.24, 2.45) is 0 Å². The van der Waals surface area contributed by atoms with Gasteiger partial charge >= 0.3 is 0 Å². The van der Waals surface area contributed by atoms with E-state index in [2.05, 4.69) is 0 Å². The standard InChI is InChI=1S/C12H10N2O/c1-15-12-4-2-10(3-5-12)8-11(9-14)6-7-13/h2-5,8H,6H2,1H3/b11-8+. The third-order valence-corrected chi connectivity index (χ3v) is 1.87. The lowest BCUT2D eigenvalue weighted by atomic mass is 10.1. The summed E-state index contributed by atoms with van der Waals surface area (Å²) in [5.41, 5.74) is 1.35. The average molecular weight is 198 g/mol. The number of ether oxygens (including phenoxy) is 1. The molecule has 1 aromatic rings. The molecule has 0 saturated heterocycles. The molecule has 0 heterocycles. The maximum absolute atomic E-state index is 8.73. The van der Waals surface area contributed by atoms with Crippen LogP contribution in [0.15, 0.2) is 29.8 Å². The Labute approximate surface area is 88.8 Å². The van der Waals surface area contributed by atoms with Crippen LogP contribution in [0.1, 0.15) is 12.0 Å². The molecule has 1 rings (SSSR count). The van der Waals surface area contributed by atoms with Crippen LogP contribution in [0.4, 0.5) is 0 Å². The second kappa shape index (κ2) is 5.47. The molecule has 3 nitrogen and oxygen atoms in total. The Kier molecular flexibility index (Phi) is 3.94. The normalized spacial score (nSPS) is 10.2. The minimum Gasteiger partial charge on any atom is -0.497 e. The third kappa shape index (κ3) is 3.17. The third-order valence-electron chi connectivity index (χ3n) is 1.87. The summed E-state index contributed by atoms with van der Waals surface area (Å²) in [5.74, 6) is 0.769. The first-order valence-corrected chi connectivity index (χ1v) is 4.42. The SMILES string of the molecule is COc1ccc(/C=C(/C#N)CC#N)cc1. The molecule has 0 atom stereocenters. The number of hydrogen-bond acceptors (Lipinski definition) is 3. The van der Waals surface area contributed by atoms with Crippen LogP contribution in [0, 0.1) is 22.7 Å². The number of benzene rings is 1. The van der Waals surface area contributed by atoms with E-state index in [-0.39, 0.29) is 6.42 Å². The first-order valence-electron chi connectivity index (χ1n) is 4.42. The predicted molar refractivity (Wildman–Crippen MR) is 56.8 cm³/mol. The van der Waals surface area contributed by atoms with Gasteiger partial charge in [-0.3, -0.25) is 0 Å². The Morgan fingerprint density at radius 3 is 2.47 bits per heavy atom. The van der Waals surface area contributed by atoms with E-state index in [0.29, 0.717) is 5.57 Å². The van der Waals surface area contributed by atoms with Gasteiger partial charge in [0.05, 0.1) is 25.7 Å². The molecule has 0 spiro atoms. The number of methoxy groups -OCH3 is 1. The topological polar surface area (TPSA) is 56.8 Å². The highest BCUT2D eigenvalue weighted by Gasteiger charge is 1.96. The van der Waals surface area contributed by atoms with E-state index < -0.39 is 0 Å². The van der Waals surface area contributed by atoms with Crippen molar-refractivity contribution in [1.82, 2.24) is 0 Å². The van der Waals surface area contributed by atoms with Crippen molar-refractivity contribution in [3.05, 3.63) is 35.4 Å². The summed E-state index contributed by atoms with van der Waals surface area (Å²) in [5, 5.41) is 17.2. The van der Waals surface area contributed by atoms with Gasteiger partial charge in [-0.25, -0.2) is 0 Å². The minimum absolute atomic E-state index is 0.141. The summed E-state index contributed by atoms with van der Waals surface area (Å²) in [6.45, 7) is 0. The lowest BCUT2D eigenvalue weighted by Crippen LogP contribution is -1.82. The zero-order valence-electron chi connectivity index (χ0n) is 8.40. The first kappa shape index (κ1) is 10.8. The summed E-state index contributed by atoms with van der Waals surface area (Å²) in [7, 11) is 1.60. The van der Waals surface area contributed by atoms with Crippen molar-refractivity contribution >= 4 is 6.08 Å². The average Bonchev–Trinajstić information content (AvgIpc) is 2.29. The van der Waals surface area contributed by atoms with E-state index in [1.807, 2.05) is 36.4 Å². The van der Waals surface area contributed by atoms with Gasteiger partial charge in [0.2, 0.25) is 0 Å². The molecule has 0 aliphatic rings. The van der Waals surface area contributed by atoms with E-state index in [0.717, 1.165) is 11.3 Å². The lowest BCUT2D eigenvalue weighted by Gasteiger charge is -1.99. The van der Waals surface area contributed by atoms with Gasteiger partial charge in [-0.15, -0.1) is 0 Å². The maximum atomic E-state index is 8.73. The number of nitriles is 2. The summed E-state index contributed by atoms with van der Waals surface area (Å²) < 4.78 is 5.01. The van der Waals surface area contributed by atoms with Crippen LogP contribution < -0.4 is 4.74 Å². The smallest absolute Gasteiger partial charge is 0.118 e. The van der Waals surface area contributed by atoms with Crippen LogP contribution in [0.25, 0.3) is 6.08 Å². The second-order valence-corrected chi connectivity index (χ2v) is 2.89. The molecular weight excluding hydrogens is 188 g/mol. The summed E-state index contributed by atoms with van der Waals surface area (Å²) >= 11 is 0. The molecule has 3 heteroatoms. The molecule has 0 aliphatic heterocycles. The van der Waals surface area contributed by atoms with Crippen molar-refractivity contribution < 1.29 is 4.74 Å². The fourth-order valence-corrected chi connectivity index (χ4v) is 1.11. The Morgan fingerprint density at radius 2 is 2.00 bits per heavy atom. The van der Waals surface area contributed by atoms with E-state index in [1.165, 1.54) is 0 Å². The summed E-state index contributed by atoms with van der Waals surface area (Å²) in [4.78, 5) is 0. The zero-order valence-corrected chi connectivity index (χ0v) is 8.40. The van der Waals surface area contributed by atoms with Crippen molar-refractivity contribution in [3.63, 3.8) is 0 Å². The summed E-state index contributed by atoms with van der Waals surface area (Å²) in [6, 6.07) is 11.2. The number of rotatable bonds is 3. The largest absolute Gasteiger partial charge is 0.497 e. The van der Waals surface area contributed by atoms with Gasteiger partial charge in [-0.05, 0) is 23.8 Å². The van der Waals surface area contributed by atoms with Gasteiger partial charge in [-0.1, -0.05) is 12.1 Å². The Hall–Kier alpha value is -2.26. The molecular formula is C12H10N2O. The summed E-state index contributed by atoms with van der Waals surface area (Å²) in [6.07, 6.45) is 1.84. The molecule has 0 fully saturated rings. The van der Waals surface area contributed by atoms with E-state index in [1.54, 1.807) is 13.2 Å². The van der Waals surface area contributed by atoms with Gasteiger partial charge in [-0.2, -0.15) is 10.5 Å². The van der Waals surface area contributed by atoms with Crippen molar-refractivity contribution in [2.45, 2.75) is 6.42 Å². The van der Waals surface area contributed by atoms with Gasteiger partial charge in [0, 0.05) is 5.57 Å². The lowest BCUT2D eigenvalue weighted by molar-refractivity contribution is 0.415. The predicted octanol–water partition coefficient (Wildman–Crippen LogP) is 2.52. The fourth-order valence-electron chi connectivity index (χ4n) is 1.11. The van der Waals surface area contributed by atoms with E-state index >= 15 is 0 Å². The number of allylic oxidation sites excluding steroid dienone is 1. The van der Waals surface area contributed by atoms with Crippen molar-refractivity contribution in [1.29, 1.82) is 10.5 Å². The highest BCUT2D eigenvalue weighted by Crippen LogP contribution is 2.14. The Morgan fingerprint density at radius 1 is 1.33 bits per heavy atom. The molecule has 0 bridgehead atoms. The van der Waals surface area contributed by atoms with E-state index in [4.69, 9.17) is 15.3 Å². The van der Waals surface area contributed by atoms with Crippen LogP contribution in [0.2, 0.25) is 0 Å². The highest BCUT2D eigenvalue weighted by molar-refractivity contribution is 5.58. The van der Waals surface area contributed by atoms with Crippen LogP contribution in [0.3, 0.4) is 0 Å². The quantitative estimate of drug-likeness (QED) is 0.701. The molecule has 0 aromatic heterocycles. The highest BCUT2D eigenvalue weighted by atomic mass is 16.5. The van der Waals surface area contributed by atoms with Gasteiger partial charge in [0.25, 0.3) is 0 Å².